The van der Waals surface area contributed by atoms with Gasteiger partial charge < -0.3 is 0 Å². The van der Waals surface area contributed by atoms with E-state index in [2.05, 4.69) is 27.7 Å². The fraction of sp³-hybridized carbons (Fsp3) is 1.00. The van der Waals surface area contributed by atoms with Crippen LogP contribution in [0, 0.1) is 0 Å². The molecule has 32 heavy (non-hydrogen) atoms. The molecule has 0 aromatic rings. The van der Waals surface area contributed by atoms with Crippen LogP contribution in [0.2, 0.25) is 0 Å². The number of hydrogen-bond acceptors (Lipinski definition) is 0. The first-order valence-electron chi connectivity index (χ1n) is 14.1. The van der Waals surface area contributed by atoms with Crippen molar-refractivity contribution in [3.63, 3.8) is 0 Å². The predicted molar refractivity (Wildman–Crippen MR) is 172 cm³/mol. The molecule has 0 saturated heterocycles. The second kappa shape index (κ2) is 32.9. The zero-order valence-electron chi connectivity index (χ0n) is 22.6. The molecule has 0 rings (SSSR count). The van der Waals surface area contributed by atoms with Crippen LogP contribution in [0.3, 0.4) is 0 Å². The summed E-state index contributed by atoms with van der Waals surface area (Å²) < 4.78 is 0. The maximum Gasteiger partial charge on any atom is 0.0594 e. The van der Waals surface area contributed by atoms with Crippen molar-refractivity contribution in [2.24, 2.45) is 0 Å². The van der Waals surface area contributed by atoms with Gasteiger partial charge in [0.15, 0.2) is 0 Å². The predicted octanol–water partition coefficient (Wildman–Crippen LogP) is 12.6. The third-order valence-electron chi connectivity index (χ3n) is 6.94. The number of unbranched alkanes of at least 4 members (excludes halogenated alkanes) is 16. The molecule has 0 spiro atoms. The smallest absolute Gasteiger partial charge is 0.0594 e. The molecule has 0 aliphatic heterocycles. The van der Waals surface area contributed by atoms with Crippen molar-refractivity contribution in [1.82, 2.24) is 0 Å². The van der Waals surface area contributed by atoms with Gasteiger partial charge in [-0.15, -0.1) is 50.9 Å². The molecule has 0 aliphatic carbocycles. The van der Waals surface area contributed by atoms with Crippen molar-refractivity contribution in [3.8, 4) is 0 Å². The van der Waals surface area contributed by atoms with E-state index in [4.69, 9.17) is 0 Å². The maximum absolute atomic E-state index is 2.39. The third-order valence-corrected chi connectivity index (χ3v) is 12.0. The van der Waals surface area contributed by atoms with Crippen molar-refractivity contribution in [3.05, 3.63) is 0 Å². The maximum atomic E-state index is 2.39. The highest BCUT2D eigenvalue weighted by Crippen LogP contribution is 2.61. The summed E-state index contributed by atoms with van der Waals surface area (Å²) in [5.41, 5.74) is 0. The lowest BCUT2D eigenvalue weighted by molar-refractivity contribution is 0.538. The van der Waals surface area contributed by atoms with Crippen LogP contribution in [0.15, 0.2) is 0 Å². The van der Waals surface area contributed by atoms with E-state index in [1.54, 1.807) is 31.1 Å². The van der Waals surface area contributed by atoms with Gasteiger partial charge in [0.2, 0.25) is 0 Å². The molecule has 0 aromatic heterocycles. The molecule has 0 aromatic carbocycles. The lowest BCUT2D eigenvalue weighted by atomic mass is 10.0. The molecular formula is C28H63Br3P+. The zero-order valence-corrected chi connectivity index (χ0v) is 28.7. The van der Waals surface area contributed by atoms with E-state index in [-0.39, 0.29) is 50.9 Å². The lowest BCUT2D eigenvalue weighted by Crippen LogP contribution is -2.13. The molecule has 0 N–H and O–H groups in total. The van der Waals surface area contributed by atoms with Crippen LogP contribution in [-0.2, 0) is 0 Å². The van der Waals surface area contributed by atoms with E-state index >= 15 is 0 Å². The molecule has 0 atom stereocenters. The first kappa shape index (κ1) is 41.0. The fourth-order valence-corrected chi connectivity index (χ4v) is 9.99. The molecule has 0 nitrogen and oxygen atoms in total. The number of halogens is 3. The Kier molecular flexibility index (Phi) is 42.1. The van der Waals surface area contributed by atoms with E-state index in [9.17, 15) is 0 Å². The monoisotopic (exact) mass is 667 g/mol. The Morgan fingerprint density at radius 2 is 0.500 bits per heavy atom. The van der Waals surface area contributed by atoms with E-state index in [1.165, 1.54) is 122 Å². The fourth-order valence-electron chi connectivity index (χ4n) is 4.79. The van der Waals surface area contributed by atoms with Crippen LogP contribution >= 0.6 is 58.2 Å². The van der Waals surface area contributed by atoms with Crippen LogP contribution in [-0.4, -0.2) is 24.6 Å². The molecule has 0 aliphatic rings. The summed E-state index contributed by atoms with van der Waals surface area (Å²) in [6, 6.07) is 0. The van der Waals surface area contributed by atoms with E-state index in [0.717, 1.165) is 0 Å². The summed E-state index contributed by atoms with van der Waals surface area (Å²) >= 11 is 0. The Morgan fingerprint density at radius 1 is 0.281 bits per heavy atom. The average Bonchev–Trinajstić information content (AvgIpc) is 2.74. The van der Waals surface area contributed by atoms with Gasteiger partial charge in [-0.25, -0.2) is 0 Å². The van der Waals surface area contributed by atoms with Crippen molar-refractivity contribution in [2.45, 2.75) is 156 Å². The number of hydrogen-bond donors (Lipinski definition) is 0. The van der Waals surface area contributed by atoms with Gasteiger partial charge in [0.1, 0.15) is 0 Å². The van der Waals surface area contributed by atoms with Crippen LogP contribution in [0.1, 0.15) is 156 Å². The van der Waals surface area contributed by atoms with Gasteiger partial charge in [0.25, 0.3) is 0 Å². The summed E-state index contributed by atoms with van der Waals surface area (Å²) in [6.07, 6.45) is 36.0. The molecule has 0 heterocycles. The van der Waals surface area contributed by atoms with Crippen LogP contribution < -0.4 is 0 Å². The Morgan fingerprint density at radius 3 is 0.781 bits per heavy atom. The Balaban J connectivity index is -0.00000131. The largest absolute Gasteiger partial charge is 0.114 e. The summed E-state index contributed by atoms with van der Waals surface area (Å²) in [6.45, 7) is 9.48. The third kappa shape index (κ3) is 26.5. The van der Waals surface area contributed by atoms with Crippen LogP contribution in [0.5, 0.6) is 0 Å². The molecule has 200 valence electrons. The first-order chi connectivity index (χ1) is 14.2. The highest BCUT2D eigenvalue weighted by molar-refractivity contribution is 8.93. The molecule has 0 fully saturated rings. The van der Waals surface area contributed by atoms with E-state index in [1.807, 2.05) is 0 Å². The van der Waals surface area contributed by atoms with Crippen molar-refractivity contribution >= 4 is 58.2 Å². The van der Waals surface area contributed by atoms with E-state index < -0.39 is 7.26 Å². The van der Waals surface area contributed by atoms with Crippen molar-refractivity contribution in [2.75, 3.05) is 24.6 Å². The highest BCUT2D eigenvalue weighted by atomic mass is 79.9. The quantitative estimate of drug-likeness (QED) is 0.0708. The summed E-state index contributed by atoms with van der Waals surface area (Å²) in [5, 5.41) is 0. The van der Waals surface area contributed by atoms with Crippen LogP contribution in [0.25, 0.3) is 0 Å². The molecular weight excluding hydrogens is 607 g/mol. The molecule has 0 unspecified atom stereocenters. The second-order valence-corrected chi connectivity index (χ2v) is 14.4. The molecule has 4 heteroatoms. The van der Waals surface area contributed by atoms with Crippen molar-refractivity contribution in [1.29, 1.82) is 0 Å². The van der Waals surface area contributed by atoms with Gasteiger partial charge in [-0.1, -0.05) is 124 Å². The minimum Gasteiger partial charge on any atom is -0.114 e. The van der Waals surface area contributed by atoms with E-state index in [0.29, 0.717) is 0 Å². The van der Waals surface area contributed by atoms with Gasteiger partial charge in [0, 0.05) is 7.26 Å². The minimum absolute atomic E-state index is 0. The normalized spacial score (nSPS) is 10.9. The number of rotatable bonds is 24. The minimum atomic E-state index is -0.630. The molecule has 0 radical (unpaired) electrons. The van der Waals surface area contributed by atoms with Gasteiger partial charge >= 0.3 is 0 Å². The summed E-state index contributed by atoms with van der Waals surface area (Å²) in [7, 11) is -0.630. The first-order valence-corrected chi connectivity index (χ1v) is 16.6. The van der Waals surface area contributed by atoms with Gasteiger partial charge in [-0.3, -0.25) is 0 Å². The lowest BCUT2D eigenvalue weighted by Gasteiger charge is -2.28. The van der Waals surface area contributed by atoms with Gasteiger partial charge in [-0.05, 0) is 32.1 Å². The SMILES string of the molecule is Br.Br.Br.CCCCCCCCCCCCCCCC[P+](CCCC)(CCCC)CCCC. The Hall–Kier alpha value is 1.87. The molecule has 0 bridgehead atoms. The van der Waals surface area contributed by atoms with Crippen molar-refractivity contribution < 1.29 is 0 Å². The Labute approximate surface area is 237 Å². The van der Waals surface area contributed by atoms with Gasteiger partial charge in [0.05, 0.1) is 24.6 Å². The summed E-state index contributed by atoms with van der Waals surface area (Å²) in [5.74, 6) is 0. The van der Waals surface area contributed by atoms with Gasteiger partial charge in [-0.2, -0.15) is 0 Å². The van der Waals surface area contributed by atoms with Crippen LogP contribution in [0.4, 0.5) is 0 Å². The molecule has 0 saturated carbocycles. The topological polar surface area (TPSA) is 0 Å². The highest BCUT2D eigenvalue weighted by Gasteiger charge is 2.34. The Bertz CT molecular complexity index is 291. The standard InChI is InChI=1S/C28H60P.3BrH/c1-5-9-13-14-15-16-17-18-19-20-21-22-23-24-28-29(25-10-6-2,26-11-7-3)27-12-8-4;;;/h5-28H2,1-4H3;3*1H/q+1;;;. The summed E-state index contributed by atoms with van der Waals surface area (Å²) in [4.78, 5) is 0. The zero-order chi connectivity index (χ0) is 21.5. The average molecular weight is 670 g/mol. The second-order valence-electron chi connectivity index (χ2n) is 9.89. The molecule has 0 amide bonds.